The zero-order valence-corrected chi connectivity index (χ0v) is 20.5. The number of rotatable bonds is 12. The fourth-order valence-electron chi connectivity index (χ4n) is 3.84. The highest BCUT2D eigenvalue weighted by molar-refractivity contribution is 6.00. The van der Waals surface area contributed by atoms with Gasteiger partial charge in [0.05, 0.1) is 5.71 Å². The number of amides is 1. The summed E-state index contributed by atoms with van der Waals surface area (Å²) in [6.07, 6.45) is 3.38. The zero-order valence-electron chi connectivity index (χ0n) is 20.5. The number of pyridine rings is 1. The summed E-state index contributed by atoms with van der Waals surface area (Å²) < 4.78 is 34.0. The molecule has 7 nitrogen and oxygen atoms in total. The van der Waals surface area contributed by atoms with Gasteiger partial charge in [0, 0.05) is 38.6 Å². The molecule has 0 N–H and O–H groups in total. The largest absolute Gasteiger partial charge is 0.482 e. The molecule has 0 saturated carbocycles. The number of halogens is 2. The van der Waals surface area contributed by atoms with Gasteiger partial charge < -0.3 is 14.5 Å². The van der Waals surface area contributed by atoms with Crippen LogP contribution in [-0.2, 0) is 16.2 Å². The Labute approximate surface area is 205 Å². The number of carbonyl (C=O) groups is 1. The number of alkyl halides is 2. The Hall–Kier alpha value is -3.07. The SMILES string of the molecule is CCCCCN1CCN(C(=O)C(F)(F)Oc2ccc(/C(CC)=N\OCc3ccncc3)cc2)CC1. The third kappa shape index (κ3) is 7.99. The minimum absolute atomic E-state index is 0.0848. The number of ether oxygens (including phenoxy) is 1. The Balaban J connectivity index is 1.52. The first-order chi connectivity index (χ1) is 16.9. The van der Waals surface area contributed by atoms with Gasteiger partial charge in [-0.05, 0) is 66.9 Å². The van der Waals surface area contributed by atoms with Crippen LogP contribution in [0.1, 0.15) is 50.7 Å². The Morgan fingerprint density at radius 1 is 1.03 bits per heavy atom. The molecule has 0 spiro atoms. The monoisotopic (exact) mass is 488 g/mol. The second-order valence-electron chi connectivity index (χ2n) is 8.50. The van der Waals surface area contributed by atoms with Crippen molar-refractivity contribution in [1.29, 1.82) is 0 Å². The summed E-state index contributed by atoms with van der Waals surface area (Å²) in [7, 11) is 0. The lowest BCUT2D eigenvalue weighted by Gasteiger charge is -2.35. The van der Waals surface area contributed by atoms with Crippen molar-refractivity contribution in [2.24, 2.45) is 5.16 Å². The molecule has 2 aromatic rings. The summed E-state index contributed by atoms with van der Waals surface area (Å²) in [6.45, 7) is 7.06. The summed E-state index contributed by atoms with van der Waals surface area (Å²) >= 11 is 0. The molecule has 1 aliphatic rings. The molecule has 1 aromatic carbocycles. The van der Waals surface area contributed by atoms with E-state index in [9.17, 15) is 13.6 Å². The summed E-state index contributed by atoms with van der Waals surface area (Å²) in [5.41, 5.74) is 2.33. The van der Waals surface area contributed by atoms with E-state index in [0.717, 1.165) is 36.9 Å². The second-order valence-corrected chi connectivity index (χ2v) is 8.50. The minimum Gasteiger partial charge on any atom is -0.425 e. The van der Waals surface area contributed by atoms with Gasteiger partial charge in [0.15, 0.2) is 0 Å². The Morgan fingerprint density at radius 3 is 2.34 bits per heavy atom. The van der Waals surface area contributed by atoms with Crippen molar-refractivity contribution in [2.45, 2.75) is 52.2 Å². The number of piperazine rings is 1. The van der Waals surface area contributed by atoms with Crippen LogP contribution in [0.3, 0.4) is 0 Å². The van der Waals surface area contributed by atoms with E-state index in [1.54, 1.807) is 24.5 Å². The first-order valence-corrected chi connectivity index (χ1v) is 12.2. The fraction of sp³-hybridized carbons (Fsp3) is 0.500. The molecule has 35 heavy (non-hydrogen) atoms. The molecule has 0 aliphatic carbocycles. The predicted molar refractivity (Wildman–Crippen MR) is 130 cm³/mol. The summed E-state index contributed by atoms with van der Waals surface area (Å²) in [6, 6.07) is 9.75. The van der Waals surface area contributed by atoms with E-state index in [-0.39, 0.29) is 18.8 Å². The quantitative estimate of drug-likeness (QED) is 0.246. The van der Waals surface area contributed by atoms with Gasteiger partial charge in [-0.15, -0.1) is 0 Å². The van der Waals surface area contributed by atoms with Crippen molar-refractivity contribution in [3.05, 3.63) is 59.9 Å². The van der Waals surface area contributed by atoms with E-state index in [0.29, 0.717) is 31.8 Å². The van der Waals surface area contributed by atoms with Gasteiger partial charge >= 0.3 is 12.0 Å². The number of hydrogen-bond acceptors (Lipinski definition) is 6. The van der Waals surface area contributed by atoms with Crippen molar-refractivity contribution < 1.29 is 23.1 Å². The van der Waals surface area contributed by atoms with E-state index in [2.05, 4.69) is 22.0 Å². The number of nitrogens with zero attached hydrogens (tertiary/aromatic N) is 4. The van der Waals surface area contributed by atoms with Crippen LogP contribution >= 0.6 is 0 Å². The molecule has 0 unspecified atom stereocenters. The van der Waals surface area contributed by atoms with E-state index in [1.165, 1.54) is 17.0 Å². The average molecular weight is 489 g/mol. The first kappa shape index (κ1) is 26.5. The Kier molecular flexibility index (Phi) is 9.96. The maximum atomic E-state index is 14.6. The van der Waals surface area contributed by atoms with Gasteiger partial charge in [-0.1, -0.05) is 31.8 Å². The van der Waals surface area contributed by atoms with Crippen molar-refractivity contribution >= 4 is 11.6 Å². The number of carbonyl (C=O) groups excluding carboxylic acids is 1. The molecule has 190 valence electrons. The highest BCUT2D eigenvalue weighted by Crippen LogP contribution is 2.25. The second kappa shape index (κ2) is 13.1. The third-order valence-corrected chi connectivity index (χ3v) is 5.91. The number of oxime groups is 1. The van der Waals surface area contributed by atoms with Crippen molar-refractivity contribution in [3.8, 4) is 5.75 Å². The highest BCUT2D eigenvalue weighted by Gasteiger charge is 2.46. The van der Waals surface area contributed by atoms with E-state index >= 15 is 0 Å². The lowest BCUT2D eigenvalue weighted by molar-refractivity contribution is -0.205. The predicted octanol–water partition coefficient (Wildman–Crippen LogP) is 4.72. The van der Waals surface area contributed by atoms with Crippen LogP contribution < -0.4 is 4.74 Å². The van der Waals surface area contributed by atoms with E-state index < -0.39 is 12.0 Å². The fourth-order valence-corrected chi connectivity index (χ4v) is 3.84. The smallest absolute Gasteiger partial charge is 0.425 e. The molecule has 1 fully saturated rings. The molecule has 2 heterocycles. The van der Waals surface area contributed by atoms with Gasteiger partial charge in [0.2, 0.25) is 0 Å². The minimum atomic E-state index is -3.93. The topological polar surface area (TPSA) is 67.3 Å². The van der Waals surface area contributed by atoms with Crippen LogP contribution in [0.15, 0.2) is 53.9 Å². The standard InChI is InChI=1S/C26H34F2N4O3/c1-3-5-6-15-31-16-18-32(19-17-31)25(33)26(27,28)35-23-9-7-22(8-10-23)24(4-2)30-34-20-21-11-13-29-14-12-21/h7-14H,3-6,15-20H2,1-2H3/b30-24-. The molecule has 0 atom stereocenters. The zero-order chi connectivity index (χ0) is 25.1. The van der Waals surface area contributed by atoms with Crippen molar-refractivity contribution in [3.63, 3.8) is 0 Å². The van der Waals surface area contributed by atoms with Gasteiger partial charge in [0.1, 0.15) is 12.4 Å². The van der Waals surface area contributed by atoms with Crippen molar-refractivity contribution in [1.82, 2.24) is 14.8 Å². The number of aromatic nitrogens is 1. The molecule has 0 bridgehead atoms. The lowest BCUT2D eigenvalue weighted by atomic mass is 10.1. The average Bonchev–Trinajstić information content (AvgIpc) is 2.88. The van der Waals surface area contributed by atoms with Crippen LogP contribution in [0.25, 0.3) is 0 Å². The lowest BCUT2D eigenvalue weighted by Crippen LogP contribution is -2.54. The summed E-state index contributed by atoms with van der Waals surface area (Å²) in [5.74, 6) is -1.38. The van der Waals surface area contributed by atoms with Crippen LogP contribution in [0.4, 0.5) is 8.78 Å². The Bertz CT molecular complexity index is 947. The molecule has 1 aromatic heterocycles. The van der Waals surface area contributed by atoms with Gasteiger partial charge in [-0.3, -0.25) is 14.7 Å². The summed E-state index contributed by atoms with van der Waals surface area (Å²) in [4.78, 5) is 25.2. The molecule has 9 heteroatoms. The molecule has 1 saturated heterocycles. The van der Waals surface area contributed by atoms with E-state index in [1.807, 2.05) is 19.1 Å². The number of hydrogen-bond donors (Lipinski definition) is 0. The normalized spacial score (nSPS) is 15.2. The maximum Gasteiger partial charge on any atom is 0.482 e. The van der Waals surface area contributed by atoms with Crippen molar-refractivity contribution in [2.75, 3.05) is 32.7 Å². The molecule has 3 rings (SSSR count). The van der Waals surface area contributed by atoms with Crippen LogP contribution in [-0.4, -0.2) is 65.2 Å². The third-order valence-electron chi connectivity index (χ3n) is 5.91. The van der Waals surface area contributed by atoms with Crippen LogP contribution in [0.2, 0.25) is 0 Å². The molecule has 1 amide bonds. The molecular weight excluding hydrogens is 454 g/mol. The van der Waals surface area contributed by atoms with Crippen LogP contribution in [0.5, 0.6) is 5.75 Å². The molecule has 1 aliphatic heterocycles. The number of unbranched alkanes of at least 4 members (excludes halogenated alkanes) is 2. The maximum absolute atomic E-state index is 14.6. The Morgan fingerprint density at radius 2 is 1.71 bits per heavy atom. The highest BCUT2D eigenvalue weighted by atomic mass is 19.3. The first-order valence-electron chi connectivity index (χ1n) is 12.2. The summed E-state index contributed by atoms with van der Waals surface area (Å²) in [5, 5.41) is 4.17. The van der Waals surface area contributed by atoms with E-state index in [4.69, 9.17) is 9.57 Å². The van der Waals surface area contributed by atoms with Gasteiger partial charge in [0.25, 0.3) is 0 Å². The van der Waals surface area contributed by atoms with Gasteiger partial charge in [-0.25, -0.2) is 0 Å². The molecule has 0 radical (unpaired) electrons. The van der Waals surface area contributed by atoms with Gasteiger partial charge in [-0.2, -0.15) is 8.78 Å². The number of benzene rings is 1. The molecular formula is C26H34F2N4O3. The van der Waals surface area contributed by atoms with Crippen LogP contribution in [0, 0.1) is 0 Å².